The highest BCUT2D eigenvalue weighted by atomic mass is 16.5. The van der Waals surface area contributed by atoms with Gasteiger partial charge in [-0.3, -0.25) is 9.97 Å². The molecular weight excluding hydrogens is 544 g/mol. The lowest BCUT2D eigenvalue weighted by molar-refractivity contribution is -0.993. The third kappa shape index (κ3) is 2.48. The number of pyridine rings is 3. The summed E-state index contributed by atoms with van der Waals surface area (Å²) in [6.45, 7) is 0. The van der Waals surface area contributed by atoms with Crippen LogP contribution in [0.5, 0.6) is 11.5 Å². The summed E-state index contributed by atoms with van der Waals surface area (Å²) in [7, 11) is 0. The maximum Gasteiger partial charge on any atom is 0.397 e. The molecule has 0 bridgehead atoms. The van der Waals surface area contributed by atoms with E-state index in [1.54, 1.807) is 6.20 Å². The Morgan fingerprint density at radius 3 is 2.55 bits per heavy atom. The van der Waals surface area contributed by atoms with Gasteiger partial charge in [0, 0.05) is 46.6 Å². The van der Waals surface area contributed by atoms with Gasteiger partial charge in [0.15, 0.2) is 11.1 Å². The van der Waals surface area contributed by atoms with Crippen LogP contribution in [0.1, 0.15) is 11.1 Å². The summed E-state index contributed by atoms with van der Waals surface area (Å²) < 4.78 is 16.2. The average Bonchev–Trinajstić information content (AvgIpc) is 3.75. The first-order valence-corrected chi connectivity index (χ1v) is 14.7. The summed E-state index contributed by atoms with van der Waals surface area (Å²) in [6, 6.07) is 34.1. The van der Waals surface area contributed by atoms with Crippen molar-refractivity contribution in [2.24, 2.45) is 0 Å². The van der Waals surface area contributed by atoms with E-state index < -0.39 is 5.66 Å². The van der Waals surface area contributed by atoms with Crippen molar-refractivity contribution in [3.05, 3.63) is 145 Å². The maximum absolute atomic E-state index is 6.74. The zero-order chi connectivity index (χ0) is 28.6. The predicted molar refractivity (Wildman–Crippen MR) is 165 cm³/mol. The second kappa shape index (κ2) is 7.65. The van der Waals surface area contributed by atoms with Crippen molar-refractivity contribution in [1.29, 1.82) is 0 Å². The molecule has 0 saturated heterocycles. The van der Waals surface area contributed by atoms with E-state index in [1.165, 1.54) is 21.8 Å². The molecule has 7 heteroatoms. The largest absolute Gasteiger partial charge is 0.456 e. The molecule has 1 unspecified atom stereocenters. The molecule has 5 aromatic heterocycles. The zero-order valence-corrected chi connectivity index (χ0v) is 23.3. The first kappa shape index (κ1) is 22.5. The standard InChI is InChI=1S/C37H22N6O/c1-2-9-29-26(8-1)27-14-16-32-35-36(27)43(29)33-12-3-4-18-40(33)37(35)34-30(10-5-11-31(34)44-32)41-21-25(22-42(37)41)23-13-15-28(39-20-23)24-7-6-17-38-19-24/h1-22H/q+2. The van der Waals surface area contributed by atoms with Gasteiger partial charge in [-0.1, -0.05) is 35.0 Å². The highest BCUT2D eigenvalue weighted by Crippen LogP contribution is 2.55. The van der Waals surface area contributed by atoms with Crippen LogP contribution in [-0.4, -0.2) is 19.2 Å². The van der Waals surface area contributed by atoms with Gasteiger partial charge >= 0.3 is 5.66 Å². The Bertz CT molecular complexity index is 2530. The molecule has 3 aromatic carbocycles. The minimum Gasteiger partial charge on any atom is -0.456 e. The number of para-hydroxylation sites is 1. The van der Waals surface area contributed by atoms with Crippen LogP contribution in [0.2, 0.25) is 0 Å². The van der Waals surface area contributed by atoms with Crippen LogP contribution in [0.25, 0.3) is 55.7 Å². The first-order chi connectivity index (χ1) is 21.8. The Labute approximate surface area is 251 Å². The number of benzene rings is 3. The van der Waals surface area contributed by atoms with E-state index in [0.29, 0.717) is 0 Å². The first-order valence-electron chi connectivity index (χ1n) is 14.7. The SMILES string of the molecule is c1cncc(-c2ccc(-c3cn4[n+](c3)C35c6c(cccc6-4)Oc4ccc6c7ccccc7n(c6c43)-c3cccc[n+]35)cn2)c1. The maximum atomic E-state index is 6.74. The smallest absolute Gasteiger partial charge is 0.397 e. The van der Waals surface area contributed by atoms with Gasteiger partial charge in [-0.25, -0.2) is 0 Å². The van der Waals surface area contributed by atoms with Crippen molar-refractivity contribution in [3.8, 4) is 45.4 Å². The van der Waals surface area contributed by atoms with Crippen LogP contribution in [0.4, 0.5) is 0 Å². The molecule has 11 rings (SSSR count). The molecule has 0 radical (unpaired) electrons. The molecule has 8 heterocycles. The molecule has 3 aliphatic rings. The lowest BCUT2D eigenvalue weighted by atomic mass is 9.84. The normalized spacial score (nSPS) is 16.5. The molecule has 3 aliphatic heterocycles. The lowest BCUT2D eigenvalue weighted by Gasteiger charge is -2.32. The summed E-state index contributed by atoms with van der Waals surface area (Å²) in [6.07, 6.45) is 12.3. The number of rotatable bonds is 2. The van der Waals surface area contributed by atoms with Gasteiger partial charge in [-0.2, -0.15) is 9.13 Å². The van der Waals surface area contributed by atoms with E-state index in [2.05, 4.69) is 127 Å². The average molecular weight is 567 g/mol. The molecule has 8 aromatic rings. The number of fused-ring (bicyclic) bond motifs is 7. The molecule has 0 N–H and O–H groups in total. The molecule has 0 saturated carbocycles. The summed E-state index contributed by atoms with van der Waals surface area (Å²) in [5, 5.41) is 2.45. The quantitative estimate of drug-likeness (QED) is 0.231. The number of hydrogen-bond donors (Lipinski definition) is 0. The fourth-order valence-corrected chi connectivity index (χ4v) is 7.81. The van der Waals surface area contributed by atoms with Crippen LogP contribution in [-0.2, 0) is 5.66 Å². The Kier molecular flexibility index (Phi) is 3.91. The number of hydrogen-bond acceptors (Lipinski definition) is 3. The van der Waals surface area contributed by atoms with Crippen LogP contribution in [0.3, 0.4) is 0 Å². The molecule has 0 aliphatic carbocycles. The Morgan fingerprint density at radius 2 is 1.64 bits per heavy atom. The summed E-state index contributed by atoms with van der Waals surface area (Å²) in [4.78, 5) is 9.07. The van der Waals surface area contributed by atoms with Crippen molar-refractivity contribution in [1.82, 2.24) is 19.2 Å². The number of ether oxygens (including phenoxy) is 1. The second-order valence-electron chi connectivity index (χ2n) is 11.6. The minimum atomic E-state index is -0.693. The van der Waals surface area contributed by atoms with E-state index in [1.807, 2.05) is 24.5 Å². The van der Waals surface area contributed by atoms with Gasteiger partial charge in [0.1, 0.15) is 28.3 Å². The molecular formula is C37H22N6O+2. The van der Waals surface area contributed by atoms with E-state index in [-0.39, 0.29) is 0 Å². The number of nitrogens with zero attached hydrogens (tertiary/aromatic N) is 6. The van der Waals surface area contributed by atoms with Crippen molar-refractivity contribution in [3.63, 3.8) is 0 Å². The summed E-state index contributed by atoms with van der Waals surface area (Å²) in [5.74, 6) is 2.86. The number of aromatic nitrogens is 6. The lowest BCUT2D eigenvalue weighted by Crippen LogP contribution is -2.76. The van der Waals surface area contributed by atoms with E-state index in [0.717, 1.165) is 56.5 Å². The van der Waals surface area contributed by atoms with E-state index in [4.69, 9.17) is 9.72 Å². The van der Waals surface area contributed by atoms with E-state index >= 15 is 0 Å². The molecule has 44 heavy (non-hydrogen) atoms. The highest BCUT2D eigenvalue weighted by Gasteiger charge is 2.68. The van der Waals surface area contributed by atoms with Gasteiger partial charge in [0.05, 0.1) is 23.7 Å². The van der Waals surface area contributed by atoms with Gasteiger partial charge in [0.2, 0.25) is 6.20 Å². The van der Waals surface area contributed by atoms with Crippen molar-refractivity contribution >= 4 is 21.8 Å². The molecule has 1 atom stereocenters. The van der Waals surface area contributed by atoms with Gasteiger partial charge < -0.3 is 4.74 Å². The van der Waals surface area contributed by atoms with Crippen molar-refractivity contribution < 1.29 is 14.0 Å². The van der Waals surface area contributed by atoms with Crippen LogP contribution in [0, 0.1) is 0 Å². The molecule has 204 valence electrons. The second-order valence-corrected chi connectivity index (χ2v) is 11.6. The topological polar surface area (TPSA) is 52.6 Å². The predicted octanol–water partition coefficient (Wildman–Crippen LogP) is 6.30. The van der Waals surface area contributed by atoms with Gasteiger partial charge in [-0.05, 0) is 60.7 Å². The van der Waals surface area contributed by atoms with Crippen LogP contribution >= 0.6 is 0 Å². The monoisotopic (exact) mass is 566 g/mol. The summed E-state index contributed by atoms with van der Waals surface area (Å²) in [5.41, 5.74) is 9.11. The third-order valence-corrected chi connectivity index (χ3v) is 9.52. The highest BCUT2D eigenvalue weighted by molar-refractivity contribution is 6.11. The van der Waals surface area contributed by atoms with Gasteiger partial charge in [-0.15, -0.1) is 4.68 Å². The molecule has 7 nitrogen and oxygen atoms in total. The Hall–Kier alpha value is -6.08. The summed E-state index contributed by atoms with van der Waals surface area (Å²) >= 11 is 0. The molecule has 0 amide bonds. The molecule has 1 spiro atoms. The van der Waals surface area contributed by atoms with Crippen LogP contribution in [0.15, 0.2) is 134 Å². The van der Waals surface area contributed by atoms with Gasteiger partial charge in [0.25, 0.3) is 5.82 Å². The molecule has 0 fully saturated rings. The van der Waals surface area contributed by atoms with Crippen LogP contribution < -0.4 is 14.0 Å². The zero-order valence-electron chi connectivity index (χ0n) is 23.3. The Morgan fingerprint density at radius 1 is 0.705 bits per heavy atom. The fourth-order valence-electron chi connectivity index (χ4n) is 7.81. The third-order valence-electron chi connectivity index (χ3n) is 9.52. The van der Waals surface area contributed by atoms with Crippen molar-refractivity contribution in [2.45, 2.75) is 5.66 Å². The van der Waals surface area contributed by atoms with Crippen molar-refractivity contribution in [2.75, 3.05) is 0 Å². The minimum absolute atomic E-state index is 0.693. The fraction of sp³-hybridized carbons (Fsp3) is 0.0270. The van der Waals surface area contributed by atoms with E-state index in [9.17, 15) is 0 Å². The Balaban J connectivity index is 1.25.